The molecule has 0 heterocycles. The van der Waals surface area contributed by atoms with Crippen molar-refractivity contribution in [3.05, 3.63) is 17.7 Å². The summed E-state index contributed by atoms with van der Waals surface area (Å²) in [6.45, 7) is 5.87. The fourth-order valence-electron chi connectivity index (χ4n) is 2.18. The predicted octanol–water partition coefficient (Wildman–Crippen LogP) is 3.04. The molecule has 0 aliphatic carbocycles. The number of methoxy groups -OCH3 is 3. The van der Waals surface area contributed by atoms with Gasteiger partial charge in [-0.25, -0.2) is 0 Å². The van der Waals surface area contributed by atoms with Gasteiger partial charge in [0.15, 0.2) is 17.5 Å². The lowest BCUT2D eigenvalue weighted by atomic mass is 10.1. The SMILES string of the molecule is CN=C(NCCC(C)C)NCc1ccc(OC)c(OC)c1OC.I. The molecule has 1 rings (SSSR count). The predicted molar refractivity (Wildman–Crippen MR) is 109 cm³/mol. The van der Waals surface area contributed by atoms with Gasteiger partial charge in [-0.05, 0) is 24.5 Å². The Morgan fingerprint density at radius 2 is 1.71 bits per heavy atom. The summed E-state index contributed by atoms with van der Waals surface area (Å²) in [5.74, 6) is 3.33. The summed E-state index contributed by atoms with van der Waals surface area (Å²) >= 11 is 0. The molecular weight excluding hydrogens is 421 g/mol. The molecule has 1 aromatic rings. The lowest BCUT2D eigenvalue weighted by Gasteiger charge is -2.17. The maximum atomic E-state index is 5.48. The lowest BCUT2D eigenvalue weighted by Crippen LogP contribution is -2.37. The highest BCUT2D eigenvalue weighted by molar-refractivity contribution is 14.0. The van der Waals surface area contributed by atoms with Crippen molar-refractivity contribution < 1.29 is 14.2 Å². The molecule has 6 nitrogen and oxygen atoms in total. The second kappa shape index (κ2) is 12.0. The molecule has 138 valence electrons. The van der Waals surface area contributed by atoms with Crippen molar-refractivity contribution in [3.63, 3.8) is 0 Å². The van der Waals surface area contributed by atoms with Crippen LogP contribution in [0.5, 0.6) is 17.2 Å². The van der Waals surface area contributed by atoms with Crippen molar-refractivity contribution in [2.75, 3.05) is 34.9 Å². The van der Waals surface area contributed by atoms with E-state index < -0.39 is 0 Å². The van der Waals surface area contributed by atoms with E-state index in [-0.39, 0.29) is 24.0 Å². The first-order chi connectivity index (χ1) is 11.1. The van der Waals surface area contributed by atoms with Crippen LogP contribution in [-0.4, -0.2) is 40.9 Å². The molecule has 0 unspecified atom stereocenters. The first kappa shape index (κ1) is 22.6. The zero-order valence-electron chi connectivity index (χ0n) is 15.4. The number of nitrogens with zero attached hydrogens (tertiary/aromatic N) is 1. The van der Waals surface area contributed by atoms with E-state index in [0.717, 1.165) is 24.5 Å². The van der Waals surface area contributed by atoms with Gasteiger partial charge < -0.3 is 24.8 Å². The average Bonchev–Trinajstić information content (AvgIpc) is 2.56. The van der Waals surface area contributed by atoms with Gasteiger partial charge in [0.25, 0.3) is 0 Å². The molecule has 0 radical (unpaired) electrons. The summed E-state index contributed by atoms with van der Waals surface area (Å²) < 4.78 is 16.2. The summed E-state index contributed by atoms with van der Waals surface area (Å²) in [6.07, 6.45) is 1.10. The van der Waals surface area contributed by atoms with E-state index in [1.807, 2.05) is 12.1 Å². The Kier molecular flexibility index (Phi) is 11.4. The molecule has 0 saturated heterocycles. The molecule has 0 aromatic heterocycles. The fourth-order valence-corrected chi connectivity index (χ4v) is 2.18. The Balaban J connectivity index is 0.00000529. The zero-order valence-corrected chi connectivity index (χ0v) is 17.8. The standard InChI is InChI=1S/C17H29N3O3.HI/c1-12(2)9-10-19-17(18-3)20-11-13-7-8-14(21-4)16(23-6)15(13)22-5;/h7-8,12H,9-11H2,1-6H3,(H2,18,19,20);1H. The van der Waals surface area contributed by atoms with Crippen LogP contribution in [0.4, 0.5) is 0 Å². The number of benzene rings is 1. The fraction of sp³-hybridized carbons (Fsp3) is 0.588. The minimum Gasteiger partial charge on any atom is -0.493 e. The maximum Gasteiger partial charge on any atom is 0.203 e. The topological polar surface area (TPSA) is 64.1 Å². The molecule has 0 fully saturated rings. The third-order valence-corrected chi connectivity index (χ3v) is 3.47. The molecule has 0 atom stereocenters. The molecule has 2 N–H and O–H groups in total. The second-order valence-corrected chi connectivity index (χ2v) is 5.53. The van der Waals surface area contributed by atoms with Gasteiger partial charge in [0.05, 0.1) is 21.3 Å². The number of ether oxygens (including phenoxy) is 3. The molecule has 0 aliphatic heterocycles. The first-order valence-corrected chi connectivity index (χ1v) is 7.79. The van der Waals surface area contributed by atoms with E-state index in [0.29, 0.717) is 29.7 Å². The molecule has 0 aliphatic rings. The van der Waals surface area contributed by atoms with Crippen LogP contribution in [0.25, 0.3) is 0 Å². The van der Waals surface area contributed by atoms with Crippen LogP contribution in [0.2, 0.25) is 0 Å². The Labute approximate surface area is 162 Å². The van der Waals surface area contributed by atoms with Gasteiger partial charge in [-0.2, -0.15) is 0 Å². The van der Waals surface area contributed by atoms with Crippen molar-refractivity contribution >= 4 is 29.9 Å². The largest absolute Gasteiger partial charge is 0.493 e. The molecule has 0 bridgehead atoms. The van der Waals surface area contributed by atoms with Crippen LogP contribution >= 0.6 is 24.0 Å². The van der Waals surface area contributed by atoms with Gasteiger partial charge in [0, 0.05) is 25.7 Å². The summed E-state index contributed by atoms with van der Waals surface area (Å²) in [5.41, 5.74) is 0.969. The van der Waals surface area contributed by atoms with Gasteiger partial charge in [0.1, 0.15) is 0 Å². The Bertz CT molecular complexity index is 522. The Hall–Kier alpha value is -1.38. The van der Waals surface area contributed by atoms with E-state index in [4.69, 9.17) is 14.2 Å². The Morgan fingerprint density at radius 3 is 2.21 bits per heavy atom. The smallest absolute Gasteiger partial charge is 0.203 e. The van der Waals surface area contributed by atoms with E-state index in [2.05, 4.69) is 29.5 Å². The van der Waals surface area contributed by atoms with E-state index in [1.165, 1.54) is 0 Å². The van der Waals surface area contributed by atoms with Crippen LogP contribution < -0.4 is 24.8 Å². The zero-order chi connectivity index (χ0) is 17.2. The highest BCUT2D eigenvalue weighted by Gasteiger charge is 2.15. The highest BCUT2D eigenvalue weighted by Crippen LogP contribution is 2.39. The molecule has 0 spiro atoms. The van der Waals surface area contributed by atoms with Gasteiger partial charge in [-0.3, -0.25) is 4.99 Å². The third-order valence-electron chi connectivity index (χ3n) is 3.47. The monoisotopic (exact) mass is 451 g/mol. The minimum atomic E-state index is 0. The van der Waals surface area contributed by atoms with Crippen molar-refractivity contribution in [1.29, 1.82) is 0 Å². The number of hydrogen-bond donors (Lipinski definition) is 2. The van der Waals surface area contributed by atoms with Gasteiger partial charge >= 0.3 is 0 Å². The summed E-state index contributed by atoms with van der Waals surface area (Å²) in [4.78, 5) is 4.23. The minimum absolute atomic E-state index is 0. The summed E-state index contributed by atoms with van der Waals surface area (Å²) in [6, 6.07) is 3.82. The molecule has 0 amide bonds. The van der Waals surface area contributed by atoms with Gasteiger partial charge in [0.2, 0.25) is 5.75 Å². The number of rotatable bonds is 8. The molecule has 0 saturated carbocycles. The van der Waals surface area contributed by atoms with Crippen LogP contribution in [0, 0.1) is 5.92 Å². The van der Waals surface area contributed by atoms with Crippen LogP contribution in [0.3, 0.4) is 0 Å². The van der Waals surface area contributed by atoms with Crippen molar-refractivity contribution in [3.8, 4) is 17.2 Å². The first-order valence-electron chi connectivity index (χ1n) is 7.79. The number of nitrogens with one attached hydrogen (secondary N) is 2. The van der Waals surface area contributed by atoms with E-state index in [9.17, 15) is 0 Å². The highest BCUT2D eigenvalue weighted by atomic mass is 127. The number of halogens is 1. The number of hydrogen-bond acceptors (Lipinski definition) is 4. The van der Waals surface area contributed by atoms with Crippen LogP contribution in [-0.2, 0) is 6.54 Å². The quantitative estimate of drug-likeness (QED) is 0.362. The van der Waals surface area contributed by atoms with Crippen molar-refractivity contribution in [2.45, 2.75) is 26.8 Å². The summed E-state index contributed by atoms with van der Waals surface area (Å²) in [7, 11) is 6.59. The third kappa shape index (κ3) is 6.62. The Morgan fingerprint density at radius 1 is 1.04 bits per heavy atom. The van der Waals surface area contributed by atoms with Crippen molar-refractivity contribution in [1.82, 2.24) is 10.6 Å². The number of guanidine groups is 1. The molecule has 1 aromatic carbocycles. The van der Waals surface area contributed by atoms with Crippen LogP contribution in [0.1, 0.15) is 25.8 Å². The van der Waals surface area contributed by atoms with E-state index in [1.54, 1.807) is 28.4 Å². The van der Waals surface area contributed by atoms with Crippen LogP contribution in [0.15, 0.2) is 17.1 Å². The normalized spacial score (nSPS) is 10.9. The second-order valence-electron chi connectivity index (χ2n) is 5.53. The van der Waals surface area contributed by atoms with Gasteiger partial charge in [-0.15, -0.1) is 24.0 Å². The number of aliphatic imine (C=N–C) groups is 1. The summed E-state index contributed by atoms with van der Waals surface area (Å²) in [5, 5.41) is 6.59. The molecular formula is C17H30IN3O3. The molecule has 24 heavy (non-hydrogen) atoms. The average molecular weight is 451 g/mol. The lowest BCUT2D eigenvalue weighted by molar-refractivity contribution is 0.322. The molecule has 7 heteroatoms. The van der Waals surface area contributed by atoms with E-state index >= 15 is 0 Å². The maximum absolute atomic E-state index is 5.48. The van der Waals surface area contributed by atoms with Crippen molar-refractivity contribution in [2.24, 2.45) is 10.9 Å². The van der Waals surface area contributed by atoms with Gasteiger partial charge in [-0.1, -0.05) is 13.8 Å².